The van der Waals surface area contributed by atoms with E-state index in [1.54, 1.807) is 4.57 Å². The van der Waals surface area contributed by atoms with Crippen molar-refractivity contribution in [2.24, 2.45) is 0 Å². The van der Waals surface area contributed by atoms with E-state index in [-0.39, 0.29) is 23.8 Å². The summed E-state index contributed by atoms with van der Waals surface area (Å²) in [5.41, 5.74) is 1.23. The van der Waals surface area contributed by atoms with Gasteiger partial charge in [-0.05, 0) is 29.5 Å². The molecule has 2 aliphatic rings. The monoisotopic (exact) mass is 417 g/mol. The standard InChI is InChI=1S/C19H17F2N5O4/c20-13-2-1-11(7-14(13)21)18-22-15-4-6-24(9-16(15)30-18)5-3-12-8-25-10-17(26(27)28)23-19(25)29-12/h1-2,7,10,12H,3-6,8-9H2/t12-/m1/s1. The normalized spacial score (nSPS) is 18.1. The Kier molecular flexibility index (Phi) is 4.46. The van der Waals surface area contributed by atoms with Crippen LogP contribution in [0, 0.1) is 21.7 Å². The van der Waals surface area contributed by atoms with E-state index < -0.39 is 16.6 Å². The highest BCUT2D eigenvalue weighted by Crippen LogP contribution is 2.29. The van der Waals surface area contributed by atoms with E-state index in [2.05, 4.69) is 14.9 Å². The molecule has 0 spiro atoms. The van der Waals surface area contributed by atoms with Gasteiger partial charge in [0, 0.05) is 30.1 Å². The van der Waals surface area contributed by atoms with Crippen molar-refractivity contribution in [3.8, 4) is 17.5 Å². The van der Waals surface area contributed by atoms with Crippen LogP contribution in [0.4, 0.5) is 14.6 Å². The third kappa shape index (κ3) is 3.41. The third-order valence-corrected chi connectivity index (χ3v) is 5.33. The van der Waals surface area contributed by atoms with Crippen molar-refractivity contribution in [2.45, 2.75) is 32.0 Å². The van der Waals surface area contributed by atoms with Gasteiger partial charge >= 0.3 is 11.8 Å². The molecule has 1 aromatic carbocycles. The summed E-state index contributed by atoms with van der Waals surface area (Å²) in [5, 5.41) is 10.8. The van der Waals surface area contributed by atoms with Crippen molar-refractivity contribution < 1.29 is 22.9 Å². The summed E-state index contributed by atoms with van der Waals surface area (Å²) < 4.78 is 39.8. The van der Waals surface area contributed by atoms with Crippen LogP contribution < -0.4 is 4.74 Å². The summed E-state index contributed by atoms with van der Waals surface area (Å²) in [6.45, 7) is 2.63. The van der Waals surface area contributed by atoms with Crippen LogP contribution in [0.15, 0.2) is 28.8 Å². The second-order valence-electron chi connectivity index (χ2n) is 7.36. The van der Waals surface area contributed by atoms with E-state index in [1.807, 2.05) is 0 Å². The van der Waals surface area contributed by atoms with Crippen LogP contribution >= 0.6 is 0 Å². The summed E-state index contributed by atoms with van der Waals surface area (Å²) in [4.78, 5) is 20.7. The number of hydrogen-bond acceptors (Lipinski definition) is 7. The summed E-state index contributed by atoms with van der Waals surface area (Å²) in [6.07, 6.45) is 2.72. The van der Waals surface area contributed by atoms with Crippen LogP contribution in [-0.4, -0.2) is 43.6 Å². The zero-order valence-corrected chi connectivity index (χ0v) is 15.8. The van der Waals surface area contributed by atoms with Gasteiger partial charge in [-0.25, -0.2) is 13.8 Å². The Bertz CT molecular complexity index is 1100. The Balaban J connectivity index is 1.19. The molecule has 0 radical (unpaired) electrons. The molecule has 1 atom stereocenters. The van der Waals surface area contributed by atoms with E-state index in [0.29, 0.717) is 25.1 Å². The van der Waals surface area contributed by atoms with Crippen molar-refractivity contribution in [3.05, 3.63) is 57.6 Å². The maximum Gasteiger partial charge on any atom is 0.414 e. The van der Waals surface area contributed by atoms with Gasteiger partial charge in [-0.3, -0.25) is 9.47 Å². The first-order valence-corrected chi connectivity index (χ1v) is 9.51. The zero-order chi connectivity index (χ0) is 20.8. The highest BCUT2D eigenvalue weighted by molar-refractivity contribution is 5.53. The first kappa shape index (κ1) is 18.7. The van der Waals surface area contributed by atoms with Gasteiger partial charge in [0.15, 0.2) is 11.6 Å². The number of halogens is 2. The molecule has 4 heterocycles. The fourth-order valence-corrected chi connectivity index (χ4v) is 3.77. The molecule has 0 unspecified atom stereocenters. The Hall–Kier alpha value is -3.34. The Morgan fingerprint density at radius 2 is 2.13 bits per heavy atom. The first-order chi connectivity index (χ1) is 14.5. The van der Waals surface area contributed by atoms with E-state index in [4.69, 9.17) is 9.15 Å². The molecular weight excluding hydrogens is 400 g/mol. The van der Waals surface area contributed by atoms with E-state index >= 15 is 0 Å². The number of aromatic nitrogens is 3. The molecule has 2 aromatic heterocycles. The van der Waals surface area contributed by atoms with Gasteiger partial charge in [-0.2, -0.15) is 0 Å². The van der Waals surface area contributed by atoms with Gasteiger partial charge in [-0.15, -0.1) is 0 Å². The SMILES string of the molecule is O=[N+]([O-])c1cn2c(n1)O[C@H](CCN1CCc3nc(-c4ccc(F)c(F)c4)oc3C1)C2. The summed E-state index contributed by atoms with van der Waals surface area (Å²) in [5.74, 6) is -1.06. The number of rotatable bonds is 5. The highest BCUT2D eigenvalue weighted by Gasteiger charge is 2.32. The molecule has 0 saturated carbocycles. The molecule has 3 aromatic rings. The molecule has 11 heteroatoms. The fraction of sp³-hybridized carbons (Fsp3) is 0.368. The van der Waals surface area contributed by atoms with Crippen LogP contribution in [0.5, 0.6) is 6.01 Å². The summed E-state index contributed by atoms with van der Waals surface area (Å²) in [6, 6.07) is 3.86. The topological polar surface area (TPSA) is 99.5 Å². The lowest BCUT2D eigenvalue weighted by Gasteiger charge is -2.25. The van der Waals surface area contributed by atoms with Crippen molar-refractivity contribution in [2.75, 3.05) is 13.1 Å². The molecule has 0 amide bonds. The largest absolute Gasteiger partial charge is 0.441 e. The van der Waals surface area contributed by atoms with Gasteiger partial charge in [0.25, 0.3) is 0 Å². The molecule has 5 rings (SSSR count). The van der Waals surface area contributed by atoms with Crippen LogP contribution in [0.25, 0.3) is 11.5 Å². The number of nitrogens with zero attached hydrogens (tertiary/aromatic N) is 5. The molecule has 0 bridgehead atoms. The predicted octanol–water partition coefficient (Wildman–Crippen LogP) is 2.93. The van der Waals surface area contributed by atoms with Gasteiger partial charge in [0.05, 0.1) is 18.8 Å². The molecule has 0 aliphatic carbocycles. The molecular formula is C19H17F2N5O4. The quantitative estimate of drug-likeness (QED) is 0.465. The lowest BCUT2D eigenvalue weighted by Crippen LogP contribution is -2.33. The molecule has 30 heavy (non-hydrogen) atoms. The number of oxazole rings is 1. The number of fused-ring (bicyclic) bond motifs is 2. The maximum atomic E-state index is 13.5. The fourth-order valence-electron chi connectivity index (χ4n) is 3.77. The molecule has 0 fully saturated rings. The van der Waals surface area contributed by atoms with Gasteiger partial charge < -0.3 is 19.3 Å². The number of imidazole rings is 1. The van der Waals surface area contributed by atoms with Crippen LogP contribution in [-0.2, 0) is 19.5 Å². The van der Waals surface area contributed by atoms with Gasteiger partial charge in [-0.1, -0.05) is 0 Å². The van der Waals surface area contributed by atoms with Crippen molar-refractivity contribution in [1.29, 1.82) is 0 Å². The minimum Gasteiger partial charge on any atom is -0.441 e. The number of hydrogen-bond donors (Lipinski definition) is 0. The minimum atomic E-state index is -0.938. The van der Waals surface area contributed by atoms with Crippen LogP contribution in [0.2, 0.25) is 0 Å². The lowest BCUT2D eigenvalue weighted by molar-refractivity contribution is -0.389. The second kappa shape index (κ2) is 7.17. The average molecular weight is 417 g/mol. The highest BCUT2D eigenvalue weighted by atomic mass is 19.2. The number of ether oxygens (including phenoxy) is 1. The Labute approximate surface area is 169 Å². The van der Waals surface area contributed by atoms with Crippen molar-refractivity contribution in [3.63, 3.8) is 0 Å². The van der Waals surface area contributed by atoms with E-state index in [9.17, 15) is 18.9 Å². The third-order valence-electron chi connectivity index (χ3n) is 5.33. The number of nitro groups is 1. The summed E-state index contributed by atoms with van der Waals surface area (Å²) >= 11 is 0. The molecule has 2 aliphatic heterocycles. The van der Waals surface area contributed by atoms with Crippen molar-refractivity contribution >= 4 is 5.82 Å². The average Bonchev–Trinajstić information content (AvgIpc) is 3.40. The predicted molar refractivity (Wildman–Crippen MR) is 98.8 cm³/mol. The summed E-state index contributed by atoms with van der Waals surface area (Å²) in [7, 11) is 0. The van der Waals surface area contributed by atoms with Crippen LogP contribution in [0.3, 0.4) is 0 Å². The zero-order valence-electron chi connectivity index (χ0n) is 15.8. The minimum absolute atomic E-state index is 0.0952. The Morgan fingerprint density at radius 3 is 2.90 bits per heavy atom. The van der Waals surface area contributed by atoms with Crippen molar-refractivity contribution in [1.82, 2.24) is 19.4 Å². The Morgan fingerprint density at radius 1 is 1.27 bits per heavy atom. The second-order valence-corrected chi connectivity index (χ2v) is 7.36. The smallest absolute Gasteiger partial charge is 0.414 e. The number of benzene rings is 1. The lowest BCUT2D eigenvalue weighted by atomic mass is 10.1. The van der Waals surface area contributed by atoms with E-state index in [0.717, 1.165) is 43.1 Å². The van der Waals surface area contributed by atoms with Gasteiger partial charge in [0.1, 0.15) is 18.1 Å². The molecule has 9 nitrogen and oxygen atoms in total. The molecule has 0 saturated heterocycles. The van der Waals surface area contributed by atoms with Gasteiger partial charge in [0.2, 0.25) is 5.89 Å². The first-order valence-electron chi connectivity index (χ1n) is 9.51. The van der Waals surface area contributed by atoms with Crippen LogP contribution in [0.1, 0.15) is 17.9 Å². The molecule has 156 valence electrons. The maximum absolute atomic E-state index is 13.5. The molecule has 0 N–H and O–H groups in total. The van der Waals surface area contributed by atoms with E-state index in [1.165, 1.54) is 12.3 Å².